The Bertz CT molecular complexity index is 700. The molecule has 0 unspecified atom stereocenters. The Balaban J connectivity index is 1.83. The molecular formula is C20H29F3O2S. The minimum absolute atomic E-state index is 0.256. The van der Waals surface area contributed by atoms with E-state index in [1.807, 2.05) is 0 Å². The molecule has 0 heterocycles. The highest BCUT2D eigenvalue weighted by Crippen LogP contribution is 2.34. The van der Waals surface area contributed by atoms with Crippen LogP contribution < -0.4 is 0 Å². The van der Waals surface area contributed by atoms with Crippen molar-refractivity contribution in [2.75, 3.05) is 5.75 Å². The van der Waals surface area contributed by atoms with Crippen molar-refractivity contribution < 1.29 is 21.6 Å². The van der Waals surface area contributed by atoms with Gasteiger partial charge in [0.15, 0.2) is 9.84 Å². The van der Waals surface area contributed by atoms with Crippen molar-refractivity contribution in [1.82, 2.24) is 0 Å². The maximum absolute atomic E-state index is 12.8. The standard InChI is InChI=1S/C20H29F3O2S/c1-14(2)26(24,25)13-18-8-5-16(6-9-18)4-7-17-10-11-19(15(3)12-17)20(21,22)23/h10-12,14,16,18H,4-9,13H2,1-3H3. The third-order valence-electron chi connectivity index (χ3n) is 5.59. The molecule has 0 N–H and O–H groups in total. The number of halogens is 3. The Labute approximate surface area is 155 Å². The molecule has 0 spiro atoms. The van der Waals surface area contributed by atoms with E-state index in [9.17, 15) is 21.6 Å². The zero-order valence-electron chi connectivity index (χ0n) is 15.8. The summed E-state index contributed by atoms with van der Waals surface area (Å²) >= 11 is 0. The van der Waals surface area contributed by atoms with Crippen LogP contribution in [-0.4, -0.2) is 19.4 Å². The normalized spacial score (nSPS) is 22.0. The molecule has 1 saturated carbocycles. The van der Waals surface area contributed by atoms with Crippen LogP contribution >= 0.6 is 0 Å². The highest BCUT2D eigenvalue weighted by Gasteiger charge is 2.32. The average Bonchev–Trinajstić information content (AvgIpc) is 2.52. The van der Waals surface area contributed by atoms with E-state index in [1.165, 1.54) is 13.0 Å². The number of hydrogen-bond acceptors (Lipinski definition) is 2. The van der Waals surface area contributed by atoms with Gasteiger partial charge in [-0.3, -0.25) is 0 Å². The molecular weight excluding hydrogens is 361 g/mol. The Morgan fingerprint density at radius 1 is 1.08 bits per heavy atom. The zero-order chi connectivity index (χ0) is 19.5. The van der Waals surface area contributed by atoms with E-state index in [2.05, 4.69) is 0 Å². The summed E-state index contributed by atoms with van der Waals surface area (Å²) in [6, 6.07) is 4.40. The molecule has 26 heavy (non-hydrogen) atoms. The molecule has 0 aliphatic heterocycles. The van der Waals surface area contributed by atoms with Crippen LogP contribution in [0.3, 0.4) is 0 Å². The largest absolute Gasteiger partial charge is 0.416 e. The molecule has 2 rings (SSSR count). The van der Waals surface area contributed by atoms with Crippen LogP contribution in [0, 0.1) is 18.8 Å². The summed E-state index contributed by atoms with van der Waals surface area (Å²) < 4.78 is 62.5. The molecule has 1 fully saturated rings. The van der Waals surface area contributed by atoms with Crippen LogP contribution in [-0.2, 0) is 22.4 Å². The molecule has 0 aromatic heterocycles. The van der Waals surface area contributed by atoms with E-state index in [1.54, 1.807) is 26.0 Å². The third-order valence-corrected chi connectivity index (χ3v) is 7.96. The van der Waals surface area contributed by atoms with Gasteiger partial charge in [-0.15, -0.1) is 0 Å². The molecule has 0 radical (unpaired) electrons. The topological polar surface area (TPSA) is 34.1 Å². The van der Waals surface area contributed by atoms with Crippen molar-refractivity contribution in [2.24, 2.45) is 11.8 Å². The van der Waals surface area contributed by atoms with Crippen molar-refractivity contribution in [3.8, 4) is 0 Å². The lowest BCUT2D eigenvalue weighted by molar-refractivity contribution is -0.138. The maximum Gasteiger partial charge on any atom is 0.416 e. The number of sulfone groups is 1. The van der Waals surface area contributed by atoms with Gasteiger partial charge in [0.25, 0.3) is 0 Å². The first-order valence-electron chi connectivity index (χ1n) is 9.37. The molecule has 1 aliphatic carbocycles. The molecule has 0 bridgehead atoms. The molecule has 148 valence electrons. The first-order chi connectivity index (χ1) is 12.0. The lowest BCUT2D eigenvalue weighted by atomic mass is 9.80. The summed E-state index contributed by atoms with van der Waals surface area (Å²) in [6.07, 6.45) is 1.32. The van der Waals surface area contributed by atoms with Crippen LogP contribution in [0.15, 0.2) is 18.2 Å². The molecule has 0 amide bonds. The molecule has 1 aromatic rings. The monoisotopic (exact) mass is 390 g/mol. The van der Waals surface area contributed by atoms with Gasteiger partial charge in [0.2, 0.25) is 0 Å². The van der Waals surface area contributed by atoms with E-state index >= 15 is 0 Å². The van der Waals surface area contributed by atoms with Crippen LogP contribution in [0.4, 0.5) is 13.2 Å². The van der Waals surface area contributed by atoms with Gasteiger partial charge in [-0.25, -0.2) is 8.42 Å². The number of benzene rings is 1. The van der Waals surface area contributed by atoms with Crippen LogP contribution in [0.2, 0.25) is 0 Å². The minimum Gasteiger partial charge on any atom is -0.229 e. The van der Waals surface area contributed by atoms with E-state index < -0.39 is 21.6 Å². The Kier molecular flexibility index (Phi) is 6.81. The molecule has 1 aromatic carbocycles. The summed E-state index contributed by atoms with van der Waals surface area (Å²) in [6.45, 7) is 4.96. The number of alkyl halides is 3. The average molecular weight is 391 g/mol. The van der Waals surface area contributed by atoms with E-state index in [4.69, 9.17) is 0 Å². The van der Waals surface area contributed by atoms with Crippen molar-refractivity contribution >= 4 is 9.84 Å². The maximum atomic E-state index is 12.8. The second-order valence-electron chi connectivity index (χ2n) is 7.95. The van der Waals surface area contributed by atoms with Gasteiger partial charge in [0.05, 0.1) is 16.6 Å². The van der Waals surface area contributed by atoms with E-state index in [-0.39, 0.29) is 22.5 Å². The predicted molar refractivity (Wildman–Crippen MR) is 98.9 cm³/mol. The van der Waals surface area contributed by atoms with Gasteiger partial charge in [0, 0.05) is 0 Å². The third kappa shape index (κ3) is 5.73. The molecule has 2 nitrogen and oxygen atoms in total. The second-order valence-corrected chi connectivity index (χ2v) is 10.6. The van der Waals surface area contributed by atoms with Crippen molar-refractivity contribution in [1.29, 1.82) is 0 Å². The summed E-state index contributed by atoms with van der Waals surface area (Å²) in [7, 11) is -2.98. The van der Waals surface area contributed by atoms with Gasteiger partial charge < -0.3 is 0 Å². The molecule has 1 aliphatic rings. The molecule has 0 atom stereocenters. The van der Waals surface area contributed by atoms with Crippen LogP contribution in [0.25, 0.3) is 0 Å². The van der Waals surface area contributed by atoms with E-state index in [0.717, 1.165) is 44.1 Å². The van der Waals surface area contributed by atoms with Crippen LogP contribution in [0.5, 0.6) is 0 Å². The number of rotatable bonds is 6. The fourth-order valence-electron chi connectivity index (χ4n) is 3.78. The van der Waals surface area contributed by atoms with Gasteiger partial charge in [-0.1, -0.05) is 25.0 Å². The zero-order valence-corrected chi connectivity index (χ0v) is 16.6. The highest BCUT2D eigenvalue weighted by molar-refractivity contribution is 7.91. The van der Waals surface area contributed by atoms with Gasteiger partial charge in [0.1, 0.15) is 0 Å². The first kappa shape index (κ1) is 21.3. The summed E-state index contributed by atoms with van der Waals surface area (Å²) in [5.41, 5.74) is 0.658. The Morgan fingerprint density at radius 3 is 2.15 bits per heavy atom. The SMILES string of the molecule is Cc1cc(CCC2CCC(CS(=O)(=O)C(C)C)CC2)ccc1C(F)(F)F. The lowest BCUT2D eigenvalue weighted by Crippen LogP contribution is -2.26. The highest BCUT2D eigenvalue weighted by atomic mass is 32.2. The van der Waals surface area contributed by atoms with Crippen molar-refractivity contribution in [2.45, 2.75) is 70.7 Å². The van der Waals surface area contributed by atoms with Gasteiger partial charge in [-0.2, -0.15) is 13.2 Å². The fourth-order valence-corrected chi connectivity index (χ4v) is 5.15. The summed E-state index contributed by atoms with van der Waals surface area (Å²) in [5, 5.41) is -0.317. The first-order valence-corrected chi connectivity index (χ1v) is 11.1. The Hall–Kier alpha value is -1.04. The van der Waals surface area contributed by atoms with Gasteiger partial charge in [-0.05, 0) is 75.5 Å². The summed E-state index contributed by atoms with van der Waals surface area (Å²) in [5.74, 6) is 1.08. The second kappa shape index (κ2) is 8.32. The number of hydrogen-bond donors (Lipinski definition) is 0. The summed E-state index contributed by atoms with van der Waals surface area (Å²) in [4.78, 5) is 0. The number of aryl methyl sites for hydroxylation is 2. The van der Waals surface area contributed by atoms with E-state index in [0.29, 0.717) is 5.92 Å². The van der Waals surface area contributed by atoms with Gasteiger partial charge >= 0.3 is 6.18 Å². The van der Waals surface area contributed by atoms with Crippen LogP contribution in [0.1, 0.15) is 62.6 Å². The van der Waals surface area contributed by atoms with Crippen molar-refractivity contribution in [3.63, 3.8) is 0 Å². The van der Waals surface area contributed by atoms with Crippen molar-refractivity contribution in [3.05, 3.63) is 34.9 Å². The molecule has 0 saturated heterocycles. The lowest BCUT2D eigenvalue weighted by Gasteiger charge is -2.29. The minimum atomic E-state index is -4.29. The Morgan fingerprint density at radius 2 is 1.65 bits per heavy atom. The fraction of sp³-hybridized carbons (Fsp3) is 0.700. The smallest absolute Gasteiger partial charge is 0.229 e. The molecule has 6 heteroatoms. The predicted octanol–water partition coefficient (Wildman–Crippen LogP) is 5.58. The quantitative estimate of drug-likeness (QED) is 0.636.